The summed E-state index contributed by atoms with van der Waals surface area (Å²) in [4.78, 5) is 14.0. The summed E-state index contributed by atoms with van der Waals surface area (Å²) in [7, 11) is 1.42. The Morgan fingerprint density at radius 2 is 2.18 bits per heavy atom. The molecule has 0 spiro atoms. The second-order valence-corrected chi connectivity index (χ2v) is 5.15. The number of carbonyl (C=O) groups excluding carboxylic acids is 1. The van der Waals surface area contributed by atoms with Crippen LogP contribution < -0.4 is 4.74 Å². The van der Waals surface area contributed by atoms with E-state index in [0.29, 0.717) is 6.42 Å². The Kier molecular flexibility index (Phi) is 3.81. The number of methoxy groups -OCH3 is 1. The third-order valence-corrected chi connectivity index (χ3v) is 3.70. The summed E-state index contributed by atoms with van der Waals surface area (Å²) in [5, 5.41) is 13.5. The number of nitrogens with zero attached hydrogens (tertiary/aromatic N) is 2. The molecule has 0 radical (unpaired) electrons. The van der Waals surface area contributed by atoms with Crippen LogP contribution in [0.2, 0.25) is 0 Å². The first-order valence-corrected chi connectivity index (χ1v) is 6.83. The fourth-order valence-corrected chi connectivity index (χ4v) is 2.64. The van der Waals surface area contributed by atoms with Gasteiger partial charge >= 0.3 is 0 Å². The Morgan fingerprint density at radius 3 is 2.82 bits per heavy atom. The number of likely N-dealkylation sites (tertiary alicyclic amines) is 1. The Bertz CT molecular complexity index is 670. The maximum absolute atomic E-state index is 13.0. The van der Waals surface area contributed by atoms with Gasteiger partial charge in [-0.1, -0.05) is 12.1 Å². The highest BCUT2D eigenvalue weighted by Crippen LogP contribution is 2.33. The molecule has 22 heavy (non-hydrogen) atoms. The number of aliphatic hydroxyl groups is 1. The molecule has 1 saturated heterocycles. The summed E-state index contributed by atoms with van der Waals surface area (Å²) in [5.41, 5.74) is 0.762. The summed E-state index contributed by atoms with van der Waals surface area (Å²) >= 11 is 0. The quantitative estimate of drug-likeness (QED) is 0.935. The van der Waals surface area contributed by atoms with E-state index in [4.69, 9.17) is 9.26 Å². The molecule has 1 aromatic heterocycles. The van der Waals surface area contributed by atoms with Gasteiger partial charge in [-0.25, -0.2) is 4.39 Å². The van der Waals surface area contributed by atoms with E-state index in [1.807, 2.05) is 0 Å². The molecule has 2 atom stereocenters. The van der Waals surface area contributed by atoms with E-state index < -0.39 is 6.10 Å². The van der Waals surface area contributed by atoms with Crippen LogP contribution in [0.25, 0.3) is 0 Å². The zero-order chi connectivity index (χ0) is 15.7. The molecule has 3 rings (SSSR count). The van der Waals surface area contributed by atoms with Gasteiger partial charge < -0.3 is 19.3 Å². The van der Waals surface area contributed by atoms with Gasteiger partial charge in [0.15, 0.2) is 0 Å². The van der Waals surface area contributed by atoms with Gasteiger partial charge in [0, 0.05) is 6.54 Å². The van der Waals surface area contributed by atoms with Crippen LogP contribution in [-0.4, -0.2) is 40.8 Å². The van der Waals surface area contributed by atoms with Crippen molar-refractivity contribution in [1.29, 1.82) is 0 Å². The van der Waals surface area contributed by atoms with Gasteiger partial charge in [0.1, 0.15) is 5.82 Å². The Hall–Kier alpha value is -2.41. The minimum atomic E-state index is -0.635. The molecule has 6 nitrogen and oxygen atoms in total. The average Bonchev–Trinajstić information content (AvgIpc) is 3.14. The Balaban J connectivity index is 1.86. The molecule has 116 valence electrons. The molecule has 1 N–H and O–H groups in total. The second-order valence-electron chi connectivity index (χ2n) is 5.15. The van der Waals surface area contributed by atoms with Gasteiger partial charge in [0.2, 0.25) is 5.76 Å². The lowest BCUT2D eigenvalue weighted by molar-refractivity contribution is 0.0673. The number of benzene rings is 1. The molecule has 7 heteroatoms. The fourth-order valence-electron chi connectivity index (χ4n) is 2.64. The number of carbonyl (C=O) groups is 1. The van der Waals surface area contributed by atoms with Crippen LogP contribution in [0.15, 0.2) is 34.9 Å². The van der Waals surface area contributed by atoms with E-state index >= 15 is 0 Å². The smallest absolute Gasteiger partial charge is 0.293 e. The number of β-amino-alcohol motifs (C(OH)–C–C–N with tert-alkyl or cyclic N) is 1. The number of aromatic nitrogens is 1. The van der Waals surface area contributed by atoms with Crippen LogP contribution in [0.1, 0.15) is 28.6 Å². The molecule has 1 aromatic carbocycles. The standard InChI is InChI=1S/C15H15FN2O4/c1-21-14-7-13(22-17-14)15(20)18-8-11(19)6-12(18)9-2-4-10(16)5-3-9/h2-5,7,11-12,19H,6,8H2,1H3/t11-,12+/m0/s1. The van der Waals surface area contributed by atoms with E-state index in [1.54, 1.807) is 12.1 Å². The first-order chi connectivity index (χ1) is 10.6. The molecule has 2 heterocycles. The number of hydrogen-bond acceptors (Lipinski definition) is 5. The van der Waals surface area contributed by atoms with Crippen molar-refractivity contribution in [2.24, 2.45) is 0 Å². The van der Waals surface area contributed by atoms with Crippen molar-refractivity contribution in [3.8, 4) is 5.88 Å². The number of amides is 1. The predicted molar refractivity (Wildman–Crippen MR) is 73.9 cm³/mol. The molecule has 2 aromatic rings. The summed E-state index contributed by atoms with van der Waals surface area (Å²) < 4.78 is 22.9. The normalized spacial score (nSPS) is 21.1. The number of rotatable bonds is 3. The third-order valence-electron chi connectivity index (χ3n) is 3.70. The Morgan fingerprint density at radius 1 is 1.45 bits per heavy atom. The van der Waals surface area contributed by atoms with E-state index in [1.165, 1.54) is 30.2 Å². The fraction of sp³-hybridized carbons (Fsp3) is 0.333. The minimum absolute atomic E-state index is 0.0399. The summed E-state index contributed by atoms with van der Waals surface area (Å²) in [5.74, 6) is -0.485. The van der Waals surface area contributed by atoms with Crippen molar-refractivity contribution < 1.29 is 23.6 Å². The van der Waals surface area contributed by atoms with E-state index in [0.717, 1.165) is 5.56 Å². The van der Waals surface area contributed by atoms with Crippen LogP contribution in [0.4, 0.5) is 4.39 Å². The molecular formula is C15H15FN2O4. The monoisotopic (exact) mass is 306 g/mol. The van der Waals surface area contributed by atoms with E-state index in [-0.39, 0.29) is 36.0 Å². The highest BCUT2D eigenvalue weighted by Gasteiger charge is 2.37. The molecule has 1 aliphatic rings. The topological polar surface area (TPSA) is 75.8 Å². The van der Waals surface area contributed by atoms with Crippen molar-refractivity contribution in [1.82, 2.24) is 10.1 Å². The minimum Gasteiger partial charge on any atom is -0.479 e. The van der Waals surface area contributed by atoms with Crippen molar-refractivity contribution in [3.63, 3.8) is 0 Å². The summed E-state index contributed by atoms with van der Waals surface area (Å²) in [6, 6.07) is 6.95. The predicted octanol–water partition coefficient (Wildman–Crippen LogP) is 1.77. The maximum Gasteiger partial charge on any atom is 0.293 e. The highest BCUT2D eigenvalue weighted by atomic mass is 19.1. The number of ether oxygens (including phenoxy) is 1. The van der Waals surface area contributed by atoms with Gasteiger partial charge in [-0.3, -0.25) is 4.79 Å². The molecular weight excluding hydrogens is 291 g/mol. The molecule has 0 bridgehead atoms. The summed E-state index contributed by atoms with van der Waals surface area (Å²) in [6.45, 7) is 0.184. The SMILES string of the molecule is COc1cc(C(=O)N2C[C@@H](O)C[C@@H]2c2ccc(F)cc2)on1. The molecule has 0 aliphatic carbocycles. The first kappa shape index (κ1) is 14.5. The van der Waals surface area contributed by atoms with E-state index in [9.17, 15) is 14.3 Å². The van der Waals surface area contributed by atoms with Crippen molar-refractivity contribution in [2.45, 2.75) is 18.6 Å². The summed E-state index contributed by atoms with van der Waals surface area (Å²) in [6.07, 6.45) is -0.244. The van der Waals surface area contributed by atoms with Crippen LogP contribution in [0.5, 0.6) is 5.88 Å². The largest absolute Gasteiger partial charge is 0.479 e. The van der Waals surface area contributed by atoms with Crippen molar-refractivity contribution >= 4 is 5.91 Å². The lowest BCUT2D eigenvalue weighted by Gasteiger charge is -2.23. The molecule has 1 aliphatic heterocycles. The van der Waals surface area contributed by atoms with Crippen LogP contribution in [0, 0.1) is 5.82 Å². The van der Waals surface area contributed by atoms with Crippen LogP contribution in [0.3, 0.4) is 0 Å². The zero-order valence-electron chi connectivity index (χ0n) is 11.9. The highest BCUT2D eigenvalue weighted by molar-refractivity contribution is 5.92. The van der Waals surface area contributed by atoms with Gasteiger partial charge in [-0.2, -0.15) is 0 Å². The van der Waals surface area contributed by atoms with Gasteiger partial charge in [-0.15, -0.1) is 0 Å². The second kappa shape index (κ2) is 5.76. The molecule has 0 unspecified atom stereocenters. The molecule has 1 fully saturated rings. The Labute approximate surface area is 126 Å². The van der Waals surface area contributed by atoms with Crippen LogP contribution in [-0.2, 0) is 0 Å². The number of hydrogen-bond donors (Lipinski definition) is 1. The lowest BCUT2D eigenvalue weighted by Crippen LogP contribution is -2.31. The van der Waals surface area contributed by atoms with Crippen molar-refractivity contribution in [3.05, 3.63) is 47.5 Å². The van der Waals surface area contributed by atoms with Gasteiger partial charge in [-0.05, 0) is 29.3 Å². The lowest BCUT2D eigenvalue weighted by atomic mass is 10.0. The van der Waals surface area contributed by atoms with Gasteiger partial charge in [0.05, 0.1) is 25.3 Å². The number of halogens is 1. The number of aliphatic hydroxyl groups excluding tert-OH is 1. The zero-order valence-corrected chi connectivity index (χ0v) is 11.9. The molecule has 1 amide bonds. The van der Waals surface area contributed by atoms with Crippen molar-refractivity contribution in [2.75, 3.05) is 13.7 Å². The van der Waals surface area contributed by atoms with Gasteiger partial charge in [0.25, 0.3) is 11.8 Å². The first-order valence-electron chi connectivity index (χ1n) is 6.83. The van der Waals surface area contributed by atoms with Crippen LogP contribution >= 0.6 is 0 Å². The van der Waals surface area contributed by atoms with E-state index in [2.05, 4.69) is 5.16 Å². The average molecular weight is 306 g/mol. The maximum atomic E-state index is 13.0. The molecule has 0 saturated carbocycles. The third kappa shape index (κ3) is 2.67.